The van der Waals surface area contributed by atoms with Crippen LogP contribution in [-0.2, 0) is 4.79 Å². The summed E-state index contributed by atoms with van der Waals surface area (Å²) < 4.78 is 6.79. The normalized spacial score (nSPS) is 17.3. The fourth-order valence-corrected chi connectivity index (χ4v) is 2.89. The number of rotatable bonds is 2. The zero-order chi connectivity index (χ0) is 14.1. The SMILES string of the molecule is Cc1c(Br)ccc2c1C(C=O)N(c1ccccc1)CO2. The third-order valence-corrected chi connectivity index (χ3v) is 4.48. The maximum Gasteiger partial charge on any atom is 0.162 e. The van der Waals surface area contributed by atoms with Crippen LogP contribution in [0.25, 0.3) is 0 Å². The van der Waals surface area contributed by atoms with E-state index < -0.39 is 0 Å². The number of carbonyl (C=O) groups is 1. The molecule has 1 aliphatic rings. The number of hydrogen-bond acceptors (Lipinski definition) is 3. The second-order valence-corrected chi connectivity index (χ2v) is 5.60. The number of fused-ring (bicyclic) bond motifs is 1. The molecule has 0 fully saturated rings. The van der Waals surface area contributed by atoms with Gasteiger partial charge in [-0.1, -0.05) is 34.1 Å². The summed E-state index contributed by atoms with van der Waals surface area (Å²) in [5.41, 5.74) is 2.96. The lowest BCUT2D eigenvalue weighted by Gasteiger charge is -2.36. The standard InChI is InChI=1S/C16H14BrNO2/c1-11-13(17)7-8-15-16(11)14(9-19)18(10-20-15)12-5-3-2-4-6-12/h2-9,14H,10H2,1H3. The molecule has 1 heterocycles. The summed E-state index contributed by atoms with van der Waals surface area (Å²) in [4.78, 5) is 13.6. The molecule has 0 aromatic heterocycles. The molecule has 3 rings (SSSR count). The van der Waals surface area contributed by atoms with Crippen molar-refractivity contribution in [3.8, 4) is 5.75 Å². The largest absolute Gasteiger partial charge is 0.473 e. The minimum atomic E-state index is -0.321. The molecule has 2 aromatic rings. The van der Waals surface area contributed by atoms with Crippen molar-refractivity contribution in [3.63, 3.8) is 0 Å². The number of nitrogens with zero attached hydrogens (tertiary/aromatic N) is 1. The third kappa shape index (κ3) is 2.10. The van der Waals surface area contributed by atoms with E-state index >= 15 is 0 Å². The molecule has 0 spiro atoms. The smallest absolute Gasteiger partial charge is 0.162 e. The molecule has 3 nitrogen and oxygen atoms in total. The number of anilines is 1. The Morgan fingerprint density at radius 1 is 1.25 bits per heavy atom. The highest BCUT2D eigenvalue weighted by Crippen LogP contribution is 2.40. The highest BCUT2D eigenvalue weighted by atomic mass is 79.9. The first-order valence-corrected chi connectivity index (χ1v) is 7.20. The number of carbonyl (C=O) groups excluding carboxylic acids is 1. The van der Waals surface area contributed by atoms with Gasteiger partial charge in [0.2, 0.25) is 0 Å². The van der Waals surface area contributed by atoms with E-state index in [-0.39, 0.29) is 6.04 Å². The monoisotopic (exact) mass is 331 g/mol. The number of para-hydroxylation sites is 1. The Kier molecular flexibility index (Phi) is 3.49. The van der Waals surface area contributed by atoms with Crippen molar-refractivity contribution in [1.29, 1.82) is 0 Å². The van der Waals surface area contributed by atoms with E-state index in [2.05, 4.69) is 15.9 Å². The van der Waals surface area contributed by atoms with Crippen LogP contribution in [0.3, 0.4) is 0 Å². The van der Waals surface area contributed by atoms with Gasteiger partial charge in [0, 0.05) is 15.7 Å². The van der Waals surface area contributed by atoms with Crippen LogP contribution in [0.5, 0.6) is 5.75 Å². The first-order valence-electron chi connectivity index (χ1n) is 6.41. The molecule has 0 N–H and O–H groups in total. The predicted molar refractivity (Wildman–Crippen MR) is 82.1 cm³/mol. The van der Waals surface area contributed by atoms with Crippen molar-refractivity contribution in [2.45, 2.75) is 13.0 Å². The second-order valence-electron chi connectivity index (χ2n) is 4.74. The van der Waals surface area contributed by atoms with Gasteiger partial charge in [-0.25, -0.2) is 0 Å². The van der Waals surface area contributed by atoms with Crippen molar-refractivity contribution in [3.05, 3.63) is 58.1 Å². The molecule has 2 aromatic carbocycles. The first-order chi connectivity index (χ1) is 9.72. The zero-order valence-corrected chi connectivity index (χ0v) is 12.6. The Morgan fingerprint density at radius 3 is 2.70 bits per heavy atom. The maximum absolute atomic E-state index is 11.7. The number of halogens is 1. The Balaban J connectivity index is 2.10. The van der Waals surface area contributed by atoms with Gasteiger partial charge in [-0.2, -0.15) is 0 Å². The maximum atomic E-state index is 11.7. The molecular weight excluding hydrogens is 318 g/mol. The predicted octanol–water partition coefficient (Wildman–Crippen LogP) is 3.85. The summed E-state index contributed by atoms with van der Waals surface area (Å²) in [6, 6.07) is 13.4. The van der Waals surface area contributed by atoms with Gasteiger partial charge in [-0.05, 0) is 36.8 Å². The van der Waals surface area contributed by atoms with E-state index in [1.807, 2.05) is 54.3 Å². The second kappa shape index (κ2) is 5.29. The molecule has 1 unspecified atom stereocenters. The Labute approximate surface area is 126 Å². The first kappa shape index (κ1) is 13.2. The quantitative estimate of drug-likeness (QED) is 0.783. The van der Waals surface area contributed by atoms with Gasteiger partial charge in [0.25, 0.3) is 0 Å². The van der Waals surface area contributed by atoms with E-state index in [0.29, 0.717) is 6.73 Å². The number of hydrogen-bond donors (Lipinski definition) is 0. The molecule has 4 heteroatoms. The molecular formula is C16H14BrNO2. The van der Waals surface area contributed by atoms with Gasteiger partial charge in [-0.3, -0.25) is 0 Å². The minimum absolute atomic E-state index is 0.321. The molecule has 0 saturated carbocycles. The summed E-state index contributed by atoms with van der Waals surface area (Å²) in [5, 5.41) is 0. The van der Waals surface area contributed by atoms with Gasteiger partial charge in [-0.15, -0.1) is 0 Å². The van der Waals surface area contributed by atoms with Gasteiger partial charge in [0.1, 0.15) is 18.1 Å². The Bertz CT molecular complexity index is 642. The third-order valence-electron chi connectivity index (χ3n) is 3.62. The van der Waals surface area contributed by atoms with Gasteiger partial charge in [0.05, 0.1) is 0 Å². The molecule has 0 radical (unpaired) electrons. The number of ether oxygens (including phenoxy) is 1. The van der Waals surface area contributed by atoms with Crippen LogP contribution in [0.2, 0.25) is 0 Å². The molecule has 20 heavy (non-hydrogen) atoms. The van der Waals surface area contributed by atoms with Crippen molar-refractivity contribution >= 4 is 27.9 Å². The van der Waals surface area contributed by atoms with Crippen LogP contribution < -0.4 is 9.64 Å². The summed E-state index contributed by atoms with van der Waals surface area (Å²) in [7, 11) is 0. The minimum Gasteiger partial charge on any atom is -0.473 e. The van der Waals surface area contributed by atoms with Crippen LogP contribution in [0.4, 0.5) is 5.69 Å². The summed E-state index contributed by atoms with van der Waals surface area (Å²) in [6.07, 6.45) is 0.980. The average molecular weight is 332 g/mol. The molecule has 0 aliphatic carbocycles. The fourth-order valence-electron chi connectivity index (χ4n) is 2.54. The van der Waals surface area contributed by atoms with E-state index in [4.69, 9.17) is 4.74 Å². The number of benzene rings is 2. The number of aldehydes is 1. The highest BCUT2D eigenvalue weighted by Gasteiger charge is 2.30. The lowest BCUT2D eigenvalue weighted by Crippen LogP contribution is -2.38. The van der Waals surface area contributed by atoms with Crippen molar-refractivity contribution < 1.29 is 9.53 Å². The van der Waals surface area contributed by atoms with Crippen LogP contribution in [0.1, 0.15) is 17.2 Å². The lowest BCUT2D eigenvalue weighted by atomic mass is 9.98. The molecule has 102 valence electrons. The van der Waals surface area contributed by atoms with Gasteiger partial charge in [0.15, 0.2) is 6.73 Å². The van der Waals surface area contributed by atoms with Crippen molar-refractivity contribution in [2.75, 3.05) is 11.6 Å². The van der Waals surface area contributed by atoms with Gasteiger partial charge < -0.3 is 14.4 Å². The van der Waals surface area contributed by atoms with E-state index in [1.54, 1.807) is 0 Å². The molecule has 1 aliphatic heterocycles. The molecule has 1 atom stereocenters. The van der Waals surface area contributed by atoms with Crippen LogP contribution >= 0.6 is 15.9 Å². The van der Waals surface area contributed by atoms with Gasteiger partial charge >= 0.3 is 0 Å². The topological polar surface area (TPSA) is 29.5 Å². The molecule has 0 bridgehead atoms. The van der Waals surface area contributed by atoms with Crippen LogP contribution in [0, 0.1) is 6.92 Å². The average Bonchev–Trinajstić information content (AvgIpc) is 2.50. The Hall–Kier alpha value is -1.81. The highest BCUT2D eigenvalue weighted by molar-refractivity contribution is 9.10. The van der Waals surface area contributed by atoms with E-state index in [0.717, 1.165) is 33.3 Å². The summed E-state index contributed by atoms with van der Waals surface area (Å²) >= 11 is 3.52. The fraction of sp³-hybridized carbons (Fsp3) is 0.188. The summed E-state index contributed by atoms with van der Waals surface area (Å²) in [5.74, 6) is 0.787. The molecule has 0 saturated heterocycles. The van der Waals surface area contributed by atoms with Crippen LogP contribution in [-0.4, -0.2) is 13.0 Å². The van der Waals surface area contributed by atoms with Crippen LogP contribution in [0.15, 0.2) is 46.9 Å². The lowest BCUT2D eigenvalue weighted by molar-refractivity contribution is -0.109. The van der Waals surface area contributed by atoms with E-state index in [1.165, 1.54) is 0 Å². The zero-order valence-electron chi connectivity index (χ0n) is 11.0. The Morgan fingerprint density at radius 2 is 2.00 bits per heavy atom. The summed E-state index contributed by atoms with van der Waals surface area (Å²) in [6.45, 7) is 2.37. The van der Waals surface area contributed by atoms with E-state index in [9.17, 15) is 4.79 Å². The van der Waals surface area contributed by atoms with Crippen molar-refractivity contribution in [2.24, 2.45) is 0 Å². The van der Waals surface area contributed by atoms with Crippen molar-refractivity contribution in [1.82, 2.24) is 0 Å². The molecule has 0 amide bonds.